The van der Waals surface area contributed by atoms with Gasteiger partial charge in [-0.1, -0.05) is 55.0 Å². The van der Waals surface area contributed by atoms with Gasteiger partial charge < -0.3 is 15.7 Å². The third kappa shape index (κ3) is 5.67. The van der Waals surface area contributed by atoms with E-state index in [4.69, 9.17) is 0 Å². The van der Waals surface area contributed by atoms with Gasteiger partial charge in [0.05, 0.1) is 5.92 Å². The Morgan fingerprint density at radius 1 is 0.862 bits per heavy atom. The molecule has 0 spiro atoms. The van der Waals surface area contributed by atoms with Crippen LogP contribution in [0.2, 0.25) is 0 Å². The van der Waals surface area contributed by atoms with Gasteiger partial charge in [-0.3, -0.25) is 14.4 Å². The van der Waals surface area contributed by atoms with Crippen molar-refractivity contribution in [3.05, 3.63) is 71.8 Å². The van der Waals surface area contributed by atoms with E-state index in [1.807, 2.05) is 36.4 Å². The molecule has 0 bridgehead atoms. The predicted molar refractivity (Wildman–Crippen MR) is 109 cm³/mol. The van der Waals surface area contributed by atoms with E-state index in [-0.39, 0.29) is 23.8 Å². The van der Waals surface area contributed by atoms with Gasteiger partial charge >= 0.3 is 5.97 Å². The fourth-order valence-electron chi connectivity index (χ4n) is 3.73. The smallest absolute Gasteiger partial charge is 0.306 e. The monoisotopic (exact) mass is 394 g/mol. The van der Waals surface area contributed by atoms with Crippen LogP contribution in [-0.2, 0) is 9.59 Å². The Labute approximate surface area is 170 Å². The van der Waals surface area contributed by atoms with E-state index in [9.17, 15) is 19.5 Å². The summed E-state index contributed by atoms with van der Waals surface area (Å²) in [5, 5.41) is 15.1. The molecule has 6 heteroatoms. The summed E-state index contributed by atoms with van der Waals surface area (Å²) in [6.07, 6.45) is 3.30. The maximum Gasteiger partial charge on any atom is 0.306 e. The van der Waals surface area contributed by atoms with Gasteiger partial charge in [-0.15, -0.1) is 0 Å². The minimum Gasteiger partial charge on any atom is -0.481 e. The normalized spacial score (nSPS) is 20.1. The molecule has 0 saturated heterocycles. The number of rotatable bonds is 6. The minimum atomic E-state index is -0.817. The van der Waals surface area contributed by atoms with Crippen molar-refractivity contribution in [1.29, 1.82) is 0 Å². The molecule has 0 aromatic heterocycles. The van der Waals surface area contributed by atoms with E-state index >= 15 is 0 Å². The molecule has 1 aliphatic rings. The second-order valence-corrected chi connectivity index (χ2v) is 7.43. The van der Waals surface area contributed by atoms with Crippen molar-refractivity contribution in [2.24, 2.45) is 5.92 Å². The largest absolute Gasteiger partial charge is 0.481 e. The maximum atomic E-state index is 13.1. The first kappa shape index (κ1) is 20.6. The van der Waals surface area contributed by atoms with Crippen molar-refractivity contribution in [2.75, 3.05) is 0 Å². The molecule has 3 rings (SSSR count). The Bertz CT molecular complexity index is 838. The van der Waals surface area contributed by atoms with Crippen LogP contribution in [-0.4, -0.2) is 28.9 Å². The first-order valence-electron chi connectivity index (χ1n) is 9.98. The molecule has 1 saturated carbocycles. The summed E-state index contributed by atoms with van der Waals surface area (Å²) in [6, 6.07) is 17.0. The van der Waals surface area contributed by atoms with E-state index in [1.54, 1.807) is 24.3 Å². The SMILES string of the molecule is O=C(NC(C(=O)NC1CCCC(C(=O)O)CC1)c1ccccc1)c1ccccc1. The molecule has 3 N–H and O–H groups in total. The lowest BCUT2D eigenvalue weighted by Crippen LogP contribution is -2.44. The topological polar surface area (TPSA) is 95.5 Å². The van der Waals surface area contributed by atoms with Crippen LogP contribution in [0.5, 0.6) is 0 Å². The highest BCUT2D eigenvalue weighted by Gasteiger charge is 2.28. The van der Waals surface area contributed by atoms with Gasteiger partial charge in [0.1, 0.15) is 6.04 Å². The number of benzene rings is 2. The number of nitrogens with one attached hydrogen (secondary N) is 2. The molecule has 2 aromatic rings. The second-order valence-electron chi connectivity index (χ2n) is 7.43. The summed E-state index contributed by atoms with van der Waals surface area (Å²) in [5.41, 5.74) is 1.19. The Hall–Kier alpha value is -3.15. The van der Waals surface area contributed by atoms with Crippen LogP contribution >= 0.6 is 0 Å². The van der Waals surface area contributed by atoms with Crippen LogP contribution in [0.1, 0.15) is 54.1 Å². The Balaban J connectivity index is 1.71. The van der Waals surface area contributed by atoms with Gasteiger partial charge in [0, 0.05) is 11.6 Å². The van der Waals surface area contributed by atoms with Crippen molar-refractivity contribution in [3.63, 3.8) is 0 Å². The van der Waals surface area contributed by atoms with E-state index in [2.05, 4.69) is 10.6 Å². The van der Waals surface area contributed by atoms with E-state index in [0.717, 1.165) is 12.8 Å². The molecular formula is C23H26N2O4. The summed E-state index contributed by atoms with van der Waals surface area (Å²) in [4.78, 5) is 37.0. The van der Waals surface area contributed by atoms with Gasteiger partial charge in [-0.25, -0.2) is 0 Å². The number of carbonyl (C=O) groups is 3. The fourth-order valence-corrected chi connectivity index (χ4v) is 3.73. The molecule has 1 fully saturated rings. The summed E-state index contributed by atoms with van der Waals surface area (Å²) >= 11 is 0. The molecule has 29 heavy (non-hydrogen) atoms. The van der Waals surface area contributed by atoms with Crippen molar-refractivity contribution in [1.82, 2.24) is 10.6 Å². The molecular weight excluding hydrogens is 368 g/mol. The van der Waals surface area contributed by atoms with E-state index in [1.165, 1.54) is 0 Å². The lowest BCUT2D eigenvalue weighted by atomic mass is 10.0. The van der Waals surface area contributed by atoms with Crippen molar-refractivity contribution in [3.8, 4) is 0 Å². The first-order chi connectivity index (χ1) is 14.0. The highest BCUT2D eigenvalue weighted by molar-refractivity contribution is 5.97. The summed E-state index contributed by atoms with van der Waals surface area (Å²) in [6.45, 7) is 0. The molecule has 2 amide bonds. The second kappa shape index (κ2) is 9.87. The van der Waals surface area contributed by atoms with Crippen LogP contribution in [0.25, 0.3) is 0 Å². The zero-order chi connectivity index (χ0) is 20.6. The number of hydrogen-bond donors (Lipinski definition) is 3. The van der Waals surface area contributed by atoms with Gasteiger partial charge in [-0.05, 0) is 43.4 Å². The van der Waals surface area contributed by atoms with Crippen LogP contribution in [0.3, 0.4) is 0 Å². The van der Waals surface area contributed by atoms with Crippen LogP contribution < -0.4 is 10.6 Å². The van der Waals surface area contributed by atoms with E-state index < -0.39 is 12.0 Å². The number of amides is 2. The number of carboxylic acids is 1. The number of aliphatic carboxylic acids is 1. The van der Waals surface area contributed by atoms with Crippen LogP contribution in [0, 0.1) is 5.92 Å². The van der Waals surface area contributed by atoms with Crippen LogP contribution in [0.4, 0.5) is 0 Å². The number of carboxylic acid groups (broad SMARTS) is 1. The van der Waals surface area contributed by atoms with Crippen LogP contribution in [0.15, 0.2) is 60.7 Å². The van der Waals surface area contributed by atoms with Gasteiger partial charge in [0.15, 0.2) is 0 Å². The third-order valence-electron chi connectivity index (χ3n) is 5.37. The predicted octanol–water partition coefficient (Wildman–Crippen LogP) is 3.31. The van der Waals surface area contributed by atoms with Gasteiger partial charge in [0.25, 0.3) is 5.91 Å². The first-order valence-corrected chi connectivity index (χ1v) is 9.98. The zero-order valence-electron chi connectivity index (χ0n) is 16.2. The third-order valence-corrected chi connectivity index (χ3v) is 5.37. The van der Waals surface area contributed by atoms with E-state index in [0.29, 0.717) is 30.4 Å². The van der Waals surface area contributed by atoms with Crippen molar-refractivity contribution < 1.29 is 19.5 Å². The average molecular weight is 394 g/mol. The summed E-state index contributed by atoms with van der Waals surface area (Å²) in [5.74, 6) is -1.71. The Morgan fingerprint density at radius 3 is 2.17 bits per heavy atom. The molecule has 3 atom stereocenters. The van der Waals surface area contributed by atoms with Gasteiger partial charge in [0.2, 0.25) is 5.91 Å². The molecule has 3 unspecified atom stereocenters. The highest BCUT2D eigenvalue weighted by Crippen LogP contribution is 2.24. The minimum absolute atomic E-state index is 0.0910. The molecule has 6 nitrogen and oxygen atoms in total. The molecule has 152 valence electrons. The molecule has 1 aliphatic carbocycles. The lowest BCUT2D eigenvalue weighted by Gasteiger charge is -2.23. The summed E-state index contributed by atoms with van der Waals surface area (Å²) < 4.78 is 0. The average Bonchev–Trinajstić information content (AvgIpc) is 2.98. The molecule has 0 heterocycles. The number of carbonyl (C=O) groups excluding carboxylic acids is 2. The molecule has 2 aromatic carbocycles. The number of hydrogen-bond acceptors (Lipinski definition) is 3. The van der Waals surface area contributed by atoms with Gasteiger partial charge in [-0.2, -0.15) is 0 Å². The highest BCUT2D eigenvalue weighted by atomic mass is 16.4. The molecule has 0 aliphatic heterocycles. The van der Waals surface area contributed by atoms with Crippen molar-refractivity contribution >= 4 is 17.8 Å². The maximum absolute atomic E-state index is 13.1. The fraction of sp³-hybridized carbons (Fsp3) is 0.348. The molecule has 0 radical (unpaired) electrons. The quantitative estimate of drug-likeness (QED) is 0.655. The Kier molecular flexibility index (Phi) is 7.00. The van der Waals surface area contributed by atoms with Crippen molar-refractivity contribution in [2.45, 2.75) is 44.2 Å². The summed E-state index contributed by atoms with van der Waals surface area (Å²) in [7, 11) is 0. The lowest BCUT2D eigenvalue weighted by molar-refractivity contribution is -0.142. The Morgan fingerprint density at radius 2 is 1.52 bits per heavy atom. The zero-order valence-corrected chi connectivity index (χ0v) is 16.2. The standard InChI is InChI=1S/C23H26N2O4/c26-21(17-10-5-2-6-11-17)25-20(16-8-3-1-4-9-16)22(27)24-19-13-7-12-18(14-15-19)23(28)29/h1-6,8-11,18-20H,7,12-15H2,(H,24,27)(H,25,26)(H,28,29).